The van der Waals surface area contributed by atoms with Gasteiger partial charge in [-0.25, -0.2) is 0 Å². The molecule has 0 aromatic rings. The van der Waals surface area contributed by atoms with E-state index in [0.29, 0.717) is 13.0 Å². The second-order valence-corrected chi connectivity index (χ2v) is 5.52. The van der Waals surface area contributed by atoms with E-state index in [4.69, 9.17) is 5.73 Å². The lowest BCUT2D eigenvalue weighted by molar-refractivity contribution is -0.121. The highest BCUT2D eigenvalue weighted by Gasteiger charge is 2.18. The van der Waals surface area contributed by atoms with Gasteiger partial charge in [-0.1, -0.05) is 26.2 Å². The third-order valence-electron chi connectivity index (χ3n) is 3.78. The van der Waals surface area contributed by atoms with Crippen molar-refractivity contribution in [1.29, 1.82) is 0 Å². The molecule has 1 saturated carbocycles. The molecule has 0 aromatic carbocycles. The van der Waals surface area contributed by atoms with E-state index in [9.17, 15) is 4.79 Å². The van der Waals surface area contributed by atoms with Crippen LogP contribution in [0.5, 0.6) is 0 Å². The lowest BCUT2D eigenvalue weighted by Gasteiger charge is -2.26. The van der Waals surface area contributed by atoms with Gasteiger partial charge in [0.25, 0.3) is 0 Å². The molecule has 0 saturated heterocycles. The van der Waals surface area contributed by atoms with Crippen molar-refractivity contribution in [2.45, 2.75) is 58.3 Å². The molecule has 3 N–H and O–H groups in total. The van der Waals surface area contributed by atoms with Crippen molar-refractivity contribution in [3.63, 3.8) is 0 Å². The van der Waals surface area contributed by atoms with Gasteiger partial charge in [0, 0.05) is 13.0 Å². The fourth-order valence-electron chi connectivity index (χ4n) is 2.76. The second-order valence-electron chi connectivity index (χ2n) is 5.52. The van der Waals surface area contributed by atoms with Gasteiger partial charge in [0.15, 0.2) is 0 Å². The average molecular weight is 240 g/mol. The number of rotatable bonds is 7. The summed E-state index contributed by atoms with van der Waals surface area (Å²) in [5.41, 5.74) is 5.39. The maximum Gasteiger partial charge on any atom is 0.219 e. The summed E-state index contributed by atoms with van der Waals surface area (Å²) in [6.45, 7) is 3.89. The molecule has 3 nitrogen and oxygen atoms in total. The third-order valence-corrected chi connectivity index (χ3v) is 3.78. The van der Waals surface area contributed by atoms with Crippen LogP contribution < -0.4 is 11.1 Å². The molecule has 2 unspecified atom stereocenters. The van der Waals surface area contributed by atoms with E-state index in [1.165, 1.54) is 25.7 Å². The van der Waals surface area contributed by atoms with Crippen LogP contribution in [0, 0.1) is 11.8 Å². The number of carbonyl (C=O) groups excluding carboxylic acids is 1. The van der Waals surface area contributed by atoms with Gasteiger partial charge < -0.3 is 11.1 Å². The highest BCUT2D eigenvalue weighted by atomic mass is 16.1. The molecule has 3 heteroatoms. The molecule has 1 rings (SSSR count). The molecule has 0 bridgehead atoms. The van der Waals surface area contributed by atoms with Crippen molar-refractivity contribution < 1.29 is 4.79 Å². The van der Waals surface area contributed by atoms with Crippen LogP contribution in [0.1, 0.15) is 58.3 Å². The molecule has 1 aliphatic carbocycles. The Kier molecular flexibility index (Phi) is 7.25. The number of nitrogens with two attached hydrogens (primary N) is 1. The monoisotopic (exact) mass is 240 g/mol. The SMILES string of the molecule is CC1CCCC(CCNC(=O)CCCCN)C1. The minimum atomic E-state index is 0.197. The zero-order valence-corrected chi connectivity index (χ0v) is 11.2. The van der Waals surface area contributed by atoms with Crippen LogP contribution in [0.15, 0.2) is 0 Å². The fraction of sp³-hybridized carbons (Fsp3) is 0.929. The predicted octanol–water partition coefficient (Wildman–Crippen LogP) is 2.45. The maximum absolute atomic E-state index is 11.5. The van der Waals surface area contributed by atoms with Gasteiger partial charge in [-0.2, -0.15) is 0 Å². The normalized spacial score (nSPS) is 24.6. The Bertz CT molecular complexity index is 218. The molecule has 1 fully saturated rings. The number of hydrogen-bond donors (Lipinski definition) is 2. The Morgan fingerprint density at radius 2 is 2.18 bits per heavy atom. The summed E-state index contributed by atoms with van der Waals surface area (Å²) in [5.74, 6) is 1.92. The molecule has 100 valence electrons. The second kappa shape index (κ2) is 8.51. The molecule has 1 amide bonds. The molecular formula is C14H28N2O. The summed E-state index contributed by atoms with van der Waals surface area (Å²) in [6.07, 6.45) is 9.14. The standard InChI is InChI=1S/C14H28N2O/c1-12-5-4-6-13(11-12)8-10-16-14(17)7-2-3-9-15/h12-13H,2-11,15H2,1H3,(H,16,17). The van der Waals surface area contributed by atoms with Crippen LogP contribution in [0.3, 0.4) is 0 Å². The quantitative estimate of drug-likeness (QED) is 0.672. The van der Waals surface area contributed by atoms with Crippen LogP contribution in [0.4, 0.5) is 0 Å². The zero-order valence-electron chi connectivity index (χ0n) is 11.2. The van der Waals surface area contributed by atoms with Gasteiger partial charge in [-0.3, -0.25) is 4.79 Å². The molecule has 0 spiro atoms. The summed E-state index contributed by atoms with van der Waals surface area (Å²) < 4.78 is 0. The van der Waals surface area contributed by atoms with E-state index in [2.05, 4.69) is 12.2 Å². The van der Waals surface area contributed by atoms with Crippen LogP contribution in [-0.2, 0) is 4.79 Å². The molecule has 2 atom stereocenters. The zero-order chi connectivity index (χ0) is 12.5. The Morgan fingerprint density at radius 1 is 1.35 bits per heavy atom. The number of amides is 1. The molecular weight excluding hydrogens is 212 g/mol. The topological polar surface area (TPSA) is 55.1 Å². The highest BCUT2D eigenvalue weighted by Crippen LogP contribution is 2.30. The first-order valence-corrected chi connectivity index (χ1v) is 7.19. The van der Waals surface area contributed by atoms with Crippen LogP contribution in [0.25, 0.3) is 0 Å². The lowest BCUT2D eigenvalue weighted by atomic mass is 9.81. The predicted molar refractivity (Wildman–Crippen MR) is 71.7 cm³/mol. The Hall–Kier alpha value is -0.570. The van der Waals surface area contributed by atoms with Crippen LogP contribution in [-0.4, -0.2) is 19.0 Å². The van der Waals surface area contributed by atoms with Crippen molar-refractivity contribution in [3.8, 4) is 0 Å². The summed E-state index contributed by atoms with van der Waals surface area (Å²) in [4.78, 5) is 11.5. The Morgan fingerprint density at radius 3 is 2.88 bits per heavy atom. The van der Waals surface area contributed by atoms with Crippen molar-refractivity contribution >= 4 is 5.91 Å². The highest BCUT2D eigenvalue weighted by molar-refractivity contribution is 5.75. The van der Waals surface area contributed by atoms with E-state index >= 15 is 0 Å². The van der Waals surface area contributed by atoms with Gasteiger partial charge in [0.05, 0.1) is 0 Å². The maximum atomic E-state index is 11.5. The third kappa shape index (κ3) is 6.67. The van der Waals surface area contributed by atoms with E-state index in [-0.39, 0.29) is 5.91 Å². The van der Waals surface area contributed by atoms with Crippen molar-refractivity contribution in [2.24, 2.45) is 17.6 Å². The largest absolute Gasteiger partial charge is 0.356 e. The Labute approximate surface area is 106 Å². The first-order chi connectivity index (χ1) is 8.22. The van der Waals surface area contributed by atoms with Crippen molar-refractivity contribution in [2.75, 3.05) is 13.1 Å². The van der Waals surface area contributed by atoms with Gasteiger partial charge in [0.1, 0.15) is 0 Å². The van der Waals surface area contributed by atoms with Crippen molar-refractivity contribution in [1.82, 2.24) is 5.32 Å². The molecule has 0 heterocycles. The van der Waals surface area contributed by atoms with E-state index in [0.717, 1.165) is 37.6 Å². The number of unbranched alkanes of at least 4 members (excludes halogenated alkanes) is 1. The van der Waals surface area contributed by atoms with Gasteiger partial charge in [-0.15, -0.1) is 0 Å². The summed E-state index contributed by atoms with van der Waals surface area (Å²) in [7, 11) is 0. The minimum Gasteiger partial charge on any atom is -0.356 e. The average Bonchev–Trinajstić information content (AvgIpc) is 2.29. The fourth-order valence-corrected chi connectivity index (χ4v) is 2.76. The Balaban J connectivity index is 2.00. The van der Waals surface area contributed by atoms with E-state index in [1.54, 1.807) is 0 Å². The summed E-state index contributed by atoms with van der Waals surface area (Å²) >= 11 is 0. The van der Waals surface area contributed by atoms with Gasteiger partial charge in [0.2, 0.25) is 5.91 Å². The summed E-state index contributed by atoms with van der Waals surface area (Å²) in [6, 6.07) is 0. The van der Waals surface area contributed by atoms with E-state index < -0.39 is 0 Å². The molecule has 0 aliphatic heterocycles. The number of carbonyl (C=O) groups is 1. The summed E-state index contributed by atoms with van der Waals surface area (Å²) in [5, 5.41) is 3.02. The van der Waals surface area contributed by atoms with Gasteiger partial charge in [-0.05, 0) is 44.1 Å². The first-order valence-electron chi connectivity index (χ1n) is 7.19. The smallest absolute Gasteiger partial charge is 0.219 e. The lowest BCUT2D eigenvalue weighted by Crippen LogP contribution is -2.27. The number of nitrogens with one attached hydrogen (secondary N) is 1. The molecule has 0 radical (unpaired) electrons. The first kappa shape index (κ1) is 14.5. The van der Waals surface area contributed by atoms with Gasteiger partial charge >= 0.3 is 0 Å². The number of hydrogen-bond acceptors (Lipinski definition) is 2. The minimum absolute atomic E-state index is 0.197. The van der Waals surface area contributed by atoms with Crippen LogP contribution >= 0.6 is 0 Å². The van der Waals surface area contributed by atoms with E-state index in [1.807, 2.05) is 0 Å². The van der Waals surface area contributed by atoms with Crippen molar-refractivity contribution in [3.05, 3.63) is 0 Å². The molecule has 0 aromatic heterocycles. The molecule has 17 heavy (non-hydrogen) atoms. The van der Waals surface area contributed by atoms with Crippen LogP contribution in [0.2, 0.25) is 0 Å². The molecule has 1 aliphatic rings.